The van der Waals surface area contributed by atoms with Gasteiger partial charge in [0.15, 0.2) is 0 Å². The predicted octanol–water partition coefficient (Wildman–Crippen LogP) is 4.17. The molecule has 1 fully saturated rings. The summed E-state index contributed by atoms with van der Waals surface area (Å²) >= 11 is 0. The Morgan fingerprint density at radius 3 is 1.93 bits per heavy atom. The minimum Gasteiger partial charge on any atom is -0.465 e. The molecule has 1 saturated carbocycles. The van der Waals surface area contributed by atoms with Crippen molar-refractivity contribution in [1.29, 1.82) is 0 Å². The third-order valence-corrected chi connectivity index (χ3v) is 5.98. The van der Waals surface area contributed by atoms with Gasteiger partial charge >= 0.3 is 5.97 Å². The lowest BCUT2D eigenvalue weighted by Gasteiger charge is -2.47. The van der Waals surface area contributed by atoms with Gasteiger partial charge < -0.3 is 9.84 Å². The van der Waals surface area contributed by atoms with Crippen molar-refractivity contribution in [1.82, 2.24) is 4.90 Å². The zero-order valence-corrected chi connectivity index (χ0v) is 16.9. The van der Waals surface area contributed by atoms with Gasteiger partial charge in [-0.1, -0.05) is 67.1 Å². The van der Waals surface area contributed by atoms with Crippen molar-refractivity contribution in [2.75, 3.05) is 6.61 Å². The molecule has 1 aliphatic carbocycles. The van der Waals surface area contributed by atoms with Crippen molar-refractivity contribution in [3.8, 4) is 0 Å². The number of benzene rings is 2. The van der Waals surface area contributed by atoms with E-state index in [1.165, 1.54) is 11.1 Å². The Morgan fingerprint density at radius 2 is 1.54 bits per heavy atom. The summed E-state index contributed by atoms with van der Waals surface area (Å²) in [6, 6.07) is 20.4. The summed E-state index contributed by atoms with van der Waals surface area (Å²) < 4.78 is 5.32. The molecule has 2 aromatic rings. The quantitative estimate of drug-likeness (QED) is 0.662. The zero-order chi connectivity index (χ0) is 20.0. The first kappa shape index (κ1) is 20.6. The monoisotopic (exact) mass is 381 g/mol. The number of carbonyl (C=O) groups is 1. The van der Waals surface area contributed by atoms with Crippen molar-refractivity contribution in [3.63, 3.8) is 0 Å². The largest absolute Gasteiger partial charge is 0.465 e. The minimum absolute atomic E-state index is 0.176. The molecule has 1 aliphatic rings. The fourth-order valence-electron chi connectivity index (χ4n) is 4.09. The molecule has 4 heteroatoms. The van der Waals surface area contributed by atoms with Crippen molar-refractivity contribution in [2.45, 2.75) is 58.3 Å². The number of hydrogen-bond donors (Lipinski definition) is 1. The van der Waals surface area contributed by atoms with E-state index in [9.17, 15) is 9.90 Å². The molecule has 0 radical (unpaired) electrons. The maximum atomic E-state index is 12.6. The number of esters is 1. The number of rotatable bonds is 9. The second-order valence-electron chi connectivity index (χ2n) is 7.79. The summed E-state index contributed by atoms with van der Waals surface area (Å²) in [5, 5.41) is 11.3. The van der Waals surface area contributed by atoms with Crippen LogP contribution in [0, 0.1) is 5.41 Å². The van der Waals surface area contributed by atoms with Gasteiger partial charge in [-0.25, -0.2) is 0 Å². The molecule has 150 valence electrons. The van der Waals surface area contributed by atoms with Gasteiger partial charge in [-0.2, -0.15) is 0 Å². The van der Waals surface area contributed by atoms with Gasteiger partial charge in [-0.05, 0) is 37.8 Å². The maximum absolute atomic E-state index is 12.6. The number of hydrogen-bond acceptors (Lipinski definition) is 4. The fourth-order valence-corrected chi connectivity index (χ4v) is 4.09. The molecule has 0 amide bonds. The third kappa shape index (κ3) is 4.45. The van der Waals surface area contributed by atoms with Crippen molar-refractivity contribution in [3.05, 3.63) is 71.8 Å². The molecule has 28 heavy (non-hydrogen) atoms. The third-order valence-electron chi connectivity index (χ3n) is 5.98. The summed E-state index contributed by atoms with van der Waals surface area (Å²) in [6.45, 7) is 5.62. The average molecular weight is 382 g/mol. The lowest BCUT2D eigenvalue weighted by atomic mass is 9.63. The van der Waals surface area contributed by atoms with Gasteiger partial charge in [-0.3, -0.25) is 9.69 Å². The molecule has 0 aliphatic heterocycles. The molecular weight excluding hydrogens is 350 g/mol. The van der Waals surface area contributed by atoms with Crippen molar-refractivity contribution < 1.29 is 14.6 Å². The molecular formula is C24H31NO3. The molecule has 0 aromatic heterocycles. The zero-order valence-electron chi connectivity index (χ0n) is 16.9. The SMILES string of the molecule is CCOC(=O)C1(C(O)C(C)N(Cc2ccccc2)Cc2ccccc2)CCC1. The van der Waals surface area contributed by atoms with E-state index in [4.69, 9.17) is 4.74 Å². The van der Waals surface area contributed by atoms with E-state index in [2.05, 4.69) is 29.2 Å². The first-order valence-electron chi connectivity index (χ1n) is 10.2. The van der Waals surface area contributed by atoms with Crippen LogP contribution >= 0.6 is 0 Å². The van der Waals surface area contributed by atoms with Crippen LogP contribution in [0.3, 0.4) is 0 Å². The maximum Gasteiger partial charge on any atom is 0.314 e. The van der Waals surface area contributed by atoms with Crippen LogP contribution in [0.15, 0.2) is 60.7 Å². The van der Waals surface area contributed by atoms with E-state index < -0.39 is 11.5 Å². The van der Waals surface area contributed by atoms with E-state index >= 15 is 0 Å². The standard InChI is InChI=1S/C24H31NO3/c1-3-28-23(27)24(15-10-16-24)22(26)19(2)25(17-20-11-6-4-7-12-20)18-21-13-8-5-9-14-21/h4-9,11-14,19,22,26H,3,10,15-18H2,1-2H3. The van der Waals surface area contributed by atoms with Crippen LogP contribution in [0.2, 0.25) is 0 Å². The number of carbonyl (C=O) groups excluding carboxylic acids is 1. The van der Waals surface area contributed by atoms with Crippen LogP contribution in [0.25, 0.3) is 0 Å². The minimum atomic E-state index is -0.763. The highest BCUT2D eigenvalue weighted by Crippen LogP contribution is 2.47. The molecule has 3 rings (SSSR count). The Labute approximate surface area is 168 Å². The Bertz CT molecular complexity index is 701. The second kappa shape index (κ2) is 9.35. The molecule has 0 saturated heterocycles. The lowest BCUT2D eigenvalue weighted by Crippen LogP contribution is -2.56. The number of nitrogens with zero attached hydrogens (tertiary/aromatic N) is 1. The molecule has 2 aromatic carbocycles. The molecule has 0 heterocycles. The number of ether oxygens (including phenoxy) is 1. The highest BCUT2D eigenvalue weighted by atomic mass is 16.5. The molecule has 2 atom stereocenters. The molecule has 0 spiro atoms. The Morgan fingerprint density at radius 1 is 1.04 bits per heavy atom. The van der Waals surface area contributed by atoms with Crippen molar-refractivity contribution >= 4 is 5.97 Å². The predicted molar refractivity (Wildman–Crippen MR) is 111 cm³/mol. The van der Waals surface area contributed by atoms with E-state index in [1.807, 2.05) is 50.2 Å². The number of aliphatic hydroxyl groups is 1. The summed E-state index contributed by atoms with van der Waals surface area (Å²) in [5.41, 5.74) is 1.62. The summed E-state index contributed by atoms with van der Waals surface area (Å²) in [6.07, 6.45) is 1.59. The van der Waals surface area contributed by atoms with E-state index in [1.54, 1.807) is 0 Å². The lowest BCUT2D eigenvalue weighted by molar-refractivity contribution is -0.177. The first-order valence-corrected chi connectivity index (χ1v) is 10.2. The topological polar surface area (TPSA) is 49.8 Å². The fraction of sp³-hybridized carbons (Fsp3) is 0.458. The average Bonchev–Trinajstić information content (AvgIpc) is 2.68. The van der Waals surface area contributed by atoms with Crippen LogP contribution < -0.4 is 0 Å². The summed E-state index contributed by atoms with van der Waals surface area (Å²) in [4.78, 5) is 14.9. The van der Waals surface area contributed by atoms with Crippen LogP contribution in [-0.4, -0.2) is 34.7 Å². The highest BCUT2D eigenvalue weighted by molar-refractivity contribution is 5.78. The van der Waals surface area contributed by atoms with Gasteiger partial charge in [-0.15, -0.1) is 0 Å². The molecule has 2 unspecified atom stereocenters. The van der Waals surface area contributed by atoms with Crippen LogP contribution in [-0.2, 0) is 22.6 Å². The van der Waals surface area contributed by atoms with Gasteiger partial charge in [0.05, 0.1) is 18.1 Å². The molecule has 4 nitrogen and oxygen atoms in total. The van der Waals surface area contributed by atoms with Crippen molar-refractivity contribution in [2.24, 2.45) is 5.41 Å². The smallest absolute Gasteiger partial charge is 0.314 e. The van der Waals surface area contributed by atoms with Crippen LogP contribution in [0.5, 0.6) is 0 Å². The van der Waals surface area contributed by atoms with Gasteiger partial charge in [0.1, 0.15) is 0 Å². The van der Waals surface area contributed by atoms with E-state index in [0.29, 0.717) is 32.5 Å². The van der Waals surface area contributed by atoms with Crippen LogP contribution in [0.1, 0.15) is 44.2 Å². The first-order chi connectivity index (χ1) is 13.6. The Hall–Kier alpha value is -2.17. The molecule has 0 bridgehead atoms. The normalized spacial score (nSPS) is 17.6. The van der Waals surface area contributed by atoms with E-state index in [0.717, 1.165) is 6.42 Å². The summed E-state index contributed by atoms with van der Waals surface area (Å²) in [7, 11) is 0. The van der Waals surface area contributed by atoms with Crippen LogP contribution in [0.4, 0.5) is 0 Å². The second-order valence-corrected chi connectivity index (χ2v) is 7.79. The Kier molecular flexibility index (Phi) is 6.87. The van der Waals surface area contributed by atoms with Gasteiger partial charge in [0, 0.05) is 19.1 Å². The van der Waals surface area contributed by atoms with Gasteiger partial charge in [0.2, 0.25) is 0 Å². The number of aliphatic hydroxyl groups excluding tert-OH is 1. The highest BCUT2D eigenvalue weighted by Gasteiger charge is 2.53. The summed E-state index contributed by atoms with van der Waals surface area (Å²) in [5.74, 6) is -0.250. The molecule has 1 N–H and O–H groups in total. The van der Waals surface area contributed by atoms with E-state index in [-0.39, 0.29) is 12.0 Å². The Balaban J connectivity index is 1.82. The van der Waals surface area contributed by atoms with Gasteiger partial charge in [0.25, 0.3) is 0 Å².